The first-order chi connectivity index (χ1) is 6.58. The molecule has 1 aliphatic carbocycles. The third-order valence-electron chi connectivity index (χ3n) is 2.35. The zero-order chi connectivity index (χ0) is 10.6. The van der Waals surface area contributed by atoms with Crippen LogP contribution in [0.5, 0.6) is 0 Å². The Morgan fingerprint density at radius 3 is 2.57 bits per heavy atom. The first-order valence-electron chi connectivity index (χ1n) is 5.50. The molecule has 1 aliphatic rings. The van der Waals surface area contributed by atoms with Gasteiger partial charge in [-0.05, 0) is 33.1 Å². The molecule has 1 rings (SSSR count). The molecular weight excluding hydrogens is 178 g/mol. The lowest BCUT2D eigenvalue weighted by Crippen LogP contribution is -2.33. The first kappa shape index (κ1) is 11.5. The SMILES string of the molecule is CC(CC1CC1)NCC(=O)OC(C)C. The van der Waals surface area contributed by atoms with Gasteiger partial charge >= 0.3 is 5.97 Å². The lowest BCUT2D eigenvalue weighted by Gasteiger charge is -2.13. The number of hydrogen-bond donors (Lipinski definition) is 1. The topological polar surface area (TPSA) is 38.3 Å². The summed E-state index contributed by atoms with van der Waals surface area (Å²) in [4.78, 5) is 11.2. The Labute approximate surface area is 86.2 Å². The average molecular weight is 199 g/mol. The van der Waals surface area contributed by atoms with Gasteiger partial charge < -0.3 is 10.1 Å². The molecule has 1 atom stereocenters. The first-order valence-corrected chi connectivity index (χ1v) is 5.50. The maximum absolute atomic E-state index is 11.2. The predicted molar refractivity (Wildman–Crippen MR) is 56.0 cm³/mol. The van der Waals surface area contributed by atoms with E-state index in [1.165, 1.54) is 19.3 Å². The van der Waals surface area contributed by atoms with Crippen molar-refractivity contribution in [3.8, 4) is 0 Å². The van der Waals surface area contributed by atoms with Crippen molar-refractivity contribution in [2.45, 2.75) is 52.2 Å². The summed E-state index contributed by atoms with van der Waals surface area (Å²) in [6, 6.07) is 0.433. The molecule has 1 fully saturated rings. The van der Waals surface area contributed by atoms with Gasteiger partial charge in [-0.15, -0.1) is 0 Å². The molecule has 14 heavy (non-hydrogen) atoms. The molecule has 0 amide bonds. The molecule has 0 spiro atoms. The highest BCUT2D eigenvalue weighted by atomic mass is 16.5. The van der Waals surface area contributed by atoms with Crippen LogP contribution in [0.25, 0.3) is 0 Å². The average Bonchev–Trinajstić information content (AvgIpc) is 2.83. The van der Waals surface area contributed by atoms with Crippen LogP contribution in [0.1, 0.15) is 40.0 Å². The van der Waals surface area contributed by atoms with Gasteiger partial charge in [0.25, 0.3) is 0 Å². The van der Waals surface area contributed by atoms with E-state index in [0.717, 1.165) is 5.92 Å². The third kappa shape index (κ3) is 5.22. The summed E-state index contributed by atoms with van der Waals surface area (Å²) in [6.45, 7) is 6.20. The van der Waals surface area contributed by atoms with Gasteiger partial charge in [0.1, 0.15) is 0 Å². The van der Waals surface area contributed by atoms with Crippen LogP contribution >= 0.6 is 0 Å². The Balaban J connectivity index is 2.02. The molecule has 3 nitrogen and oxygen atoms in total. The van der Waals surface area contributed by atoms with Gasteiger partial charge in [-0.25, -0.2) is 0 Å². The second kappa shape index (κ2) is 5.35. The van der Waals surface area contributed by atoms with Crippen LogP contribution in [0, 0.1) is 5.92 Å². The minimum absolute atomic E-state index is 0.0111. The number of esters is 1. The summed E-state index contributed by atoms with van der Waals surface area (Å²) in [5.74, 6) is 0.751. The molecule has 0 bridgehead atoms. The van der Waals surface area contributed by atoms with Crippen LogP contribution in [0.3, 0.4) is 0 Å². The second-order valence-electron chi connectivity index (χ2n) is 4.50. The van der Waals surface area contributed by atoms with Crippen molar-refractivity contribution in [1.29, 1.82) is 0 Å². The maximum Gasteiger partial charge on any atom is 0.320 e. The van der Waals surface area contributed by atoms with Gasteiger partial charge in [0.2, 0.25) is 0 Å². The van der Waals surface area contributed by atoms with Crippen molar-refractivity contribution in [3.63, 3.8) is 0 Å². The Morgan fingerprint density at radius 2 is 2.07 bits per heavy atom. The zero-order valence-electron chi connectivity index (χ0n) is 9.38. The largest absolute Gasteiger partial charge is 0.462 e. The Bertz CT molecular complexity index is 188. The van der Waals surface area contributed by atoms with Gasteiger partial charge in [-0.2, -0.15) is 0 Å². The molecule has 0 aliphatic heterocycles. The highest BCUT2D eigenvalue weighted by molar-refractivity contribution is 5.71. The number of rotatable bonds is 6. The van der Waals surface area contributed by atoms with Crippen molar-refractivity contribution in [3.05, 3.63) is 0 Å². The fourth-order valence-electron chi connectivity index (χ4n) is 1.50. The molecule has 0 aromatic heterocycles. The quantitative estimate of drug-likeness (QED) is 0.662. The fraction of sp³-hybridized carbons (Fsp3) is 0.909. The number of nitrogens with one attached hydrogen (secondary N) is 1. The van der Waals surface area contributed by atoms with Gasteiger partial charge in [0.05, 0.1) is 12.6 Å². The van der Waals surface area contributed by atoms with E-state index in [1.54, 1.807) is 0 Å². The van der Waals surface area contributed by atoms with Crippen molar-refractivity contribution < 1.29 is 9.53 Å². The van der Waals surface area contributed by atoms with Crippen molar-refractivity contribution in [1.82, 2.24) is 5.32 Å². The number of ether oxygens (including phenoxy) is 1. The van der Waals surface area contributed by atoms with Crippen molar-refractivity contribution in [2.24, 2.45) is 5.92 Å². The van der Waals surface area contributed by atoms with E-state index in [0.29, 0.717) is 12.6 Å². The molecule has 82 valence electrons. The standard InChI is InChI=1S/C11H21NO2/c1-8(2)14-11(13)7-12-9(3)6-10-4-5-10/h8-10,12H,4-7H2,1-3H3. The summed E-state index contributed by atoms with van der Waals surface area (Å²) in [5.41, 5.74) is 0. The molecule has 0 saturated heterocycles. The van der Waals surface area contributed by atoms with Crippen LogP contribution in [-0.2, 0) is 9.53 Å². The van der Waals surface area contributed by atoms with Gasteiger partial charge in [-0.3, -0.25) is 4.79 Å². The van der Waals surface area contributed by atoms with E-state index >= 15 is 0 Å². The number of hydrogen-bond acceptors (Lipinski definition) is 3. The summed E-state index contributed by atoms with van der Waals surface area (Å²) < 4.78 is 5.02. The smallest absolute Gasteiger partial charge is 0.320 e. The maximum atomic E-state index is 11.2. The molecule has 0 aromatic rings. The molecule has 0 aromatic carbocycles. The van der Waals surface area contributed by atoms with E-state index in [4.69, 9.17) is 4.74 Å². The lowest BCUT2D eigenvalue weighted by atomic mass is 10.1. The van der Waals surface area contributed by atoms with E-state index < -0.39 is 0 Å². The minimum Gasteiger partial charge on any atom is -0.462 e. The monoisotopic (exact) mass is 199 g/mol. The van der Waals surface area contributed by atoms with Crippen LogP contribution < -0.4 is 5.32 Å². The summed E-state index contributed by atoms with van der Waals surface area (Å²) in [7, 11) is 0. The van der Waals surface area contributed by atoms with E-state index in [1.807, 2.05) is 13.8 Å². The van der Waals surface area contributed by atoms with Crippen LogP contribution in [0.15, 0.2) is 0 Å². The van der Waals surface area contributed by atoms with Crippen LogP contribution in [-0.4, -0.2) is 24.7 Å². The highest BCUT2D eigenvalue weighted by Gasteiger charge is 2.23. The molecule has 1 saturated carbocycles. The Hall–Kier alpha value is -0.570. The number of carbonyl (C=O) groups excluding carboxylic acids is 1. The van der Waals surface area contributed by atoms with Crippen LogP contribution in [0.4, 0.5) is 0 Å². The van der Waals surface area contributed by atoms with Crippen LogP contribution in [0.2, 0.25) is 0 Å². The molecule has 3 heteroatoms. The van der Waals surface area contributed by atoms with E-state index in [9.17, 15) is 4.79 Å². The van der Waals surface area contributed by atoms with Gasteiger partial charge in [0, 0.05) is 6.04 Å². The molecule has 1 N–H and O–H groups in total. The second-order valence-corrected chi connectivity index (χ2v) is 4.50. The van der Waals surface area contributed by atoms with E-state index in [2.05, 4.69) is 12.2 Å². The zero-order valence-corrected chi connectivity index (χ0v) is 9.38. The number of carbonyl (C=O) groups is 1. The van der Waals surface area contributed by atoms with E-state index in [-0.39, 0.29) is 12.1 Å². The third-order valence-corrected chi connectivity index (χ3v) is 2.35. The van der Waals surface area contributed by atoms with Gasteiger partial charge in [0.15, 0.2) is 0 Å². The van der Waals surface area contributed by atoms with Gasteiger partial charge in [-0.1, -0.05) is 12.8 Å². The molecular formula is C11H21NO2. The minimum atomic E-state index is -0.150. The Kier molecular flexibility index (Phi) is 4.39. The summed E-state index contributed by atoms with van der Waals surface area (Å²) in [5, 5.41) is 3.18. The van der Waals surface area contributed by atoms with Crippen molar-refractivity contribution in [2.75, 3.05) is 6.54 Å². The normalized spacial score (nSPS) is 18.3. The molecule has 1 unspecified atom stereocenters. The molecule has 0 radical (unpaired) electrons. The lowest BCUT2D eigenvalue weighted by molar-refractivity contribution is -0.146. The molecule has 0 heterocycles. The summed E-state index contributed by atoms with van der Waals surface area (Å²) >= 11 is 0. The predicted octanol–water partition coefficient (Wildman–Crippen LogP) is 1.72. The highest BCUT2D eigenvalue weighted by Crippen LogP contribution is 2.33. The fourth-order valence-corrected chi connectivity index (χ4v) is 1.50. The summed E-state index contributed by atoms with van der Waals surface area (Å²) in [6.07, 6.45) is 3.91. The van der Waals surface area contributed by atoms with Crippen molar-refractivity contribution >= 4 is 5.97 Å². The Morgan fingerprint density at radius 1 is 1.43 bits per heavy atom.